The summed E-state index contributed by atoms with van der Waals surface area (Å²) in [6.45, 7) is 0. The van der Waals surface area contributed by atoms with Crippen molar-refractivity contribution in [2.75, 3.05) is 5.73 Å². The van der Waals surface area contributed by atoms with E-state index in [-0.39, 0.29) is 0 Å². The lowest BCUT2D eigenvalue weighted by molar-refractivity contribution is -0.138. The van der Waals surface area contributed by atoms with Crippen molar-refractivity contribution in [2.45, 2.75) is 38.0 Å². The maximum Gasteiger partial charge on any atom is 0.303 e. The van der Waals surface area contributed by atoms with Crippen molar-refractivity contribution < 1.29 is 9.90 Å². The third kappa shape index (κ3) is 3.22. The Hall–Kier alpha value is -1.51. The Bertz CT molecular complexity index is 378. The number of hydrogen-bond donors (Lipinski definition) is 2. The summed E-state index contributed by atoms with van der Waals surface area (Å²) in [6.07, 6.45) is 4.58. The Balaban J connectivity index is 1.90. The third-order valence-corrected chi connectivity index (χ3v) is 3.72. The normalized spacial score (nSPS) is 24.5. The van der Waals surface area contributed by atoms with Crippen LogP contribution in [0.1, 0.15) is 43.6 Å². The number of aliphatic carboxylic acids is 1. The topological polar surface area (TPSA) is 63.3 Å². The number of carbonyl (C=O) groups is 1. The van der Waals surface area contributed by atoms with Gasteiger partial charge < -0.3 is 10.8 Å². The summed E-state index contributed by atoms with van der Waals surface area (Å²) in [4.78, 5) is 10.6. The quantitative estimate of drug-likeness (QED) is 0.789. The first-order valence-corrected chi connectivity index (χ1v) is 6.22. The molecular formula is C14H19NO2. The van der Waals surface area contributed by atoms with E-state index in [0.717, 1.165) is 31.4 Å². The largest absolute Gasteiger partial charge is 0.481 e. The fourth-order valence-corrected chi connectivity index (χ4v) is 2.72. The Morgan fingerprint density at radius 2 is 1.76 bits per heavy atom. The number of carboxylic acids is 1. The molecule has 0 aliphatic heterocycles. The predicted molar refractivity (Wildman–Crippen MR) is 67.8 cm³/mol. The van der Waals surface area contributed by atoms with Gasteiger partial charge in [0, 0.05) is 12.1 Å². The lowest BCUT2D eigenvalue weighted by Gasteiger charge is -2.27. The summed E-state index contributed by atoms with van der Waals surface area (Å²) >= 11 is 0. The van der Waals surface area contributed by atoms with Gasteiger partial charge in [-0.15, -0.1) is 0 Å². The van der Waals surface area contributed by atoms with Gasteiger partial charge in [-0.25, -0.2) is 0 Å². The lowest BCUT2D eigenvalue weighted by atomic mass is 9.77. The summed E-state index contributed by atoms with van der Waals surface area (Å²) in [7, 11) is 0. The Labute approximate surface area is 102 Å². The van der Waals surface area contributed by atoms with Gasteiger partial charge in [0.2, 0.25) is 0 Å². The van der Waals surface area contributed by atoms with Crippen molar-refractivity contribution in [3.8, 4) is 0 Å². The summed E-state index contributed by atoms with van der Waals surface area (Å²) in [5.74, 6) is 0.291. The second-order valence-electron chi connectivity index (χ2n) is 4.98. The molecule has 1 aromatic carbocycles. The molecule has 17 heavy (non-hydrogen) atoms. The molecule has 0 atom stereocenters. The number of nitrogen functional groups attached to an aromatic ring is 1. The van der Waals surface area contributed by atoms with Crippen molar-refractivity contribution in [3.05, 3.63) is 29.8 Å². The van der Waals surface area contributed by atoms with E-state index in [0.29, 0.717) is 18.3 Å². The van der Waals surface area contributed by atoms with Crippen LogP contribution in [0, 0.1) is 5.92 Å². The Morgan fingerprint density at radius 3 is 2.29 bits per heavy atom. The molecule has 0 radical (unpaired) electrons. The van der Waals surface area contributed by atoms with E-state index in [4.69, 9.17) is 10.8 Å². The Kier molecular flexibility index (Phi) is 3.67. The SMILES string of the molecule is Nc1ccc([C@H]2CC[C@H](CC(=O)O)CC2)cc1. The molecule has 2 rings (SSSR count). The lowest BCUT2D eigenvalue weighted by Crippen LogP contribution is -2.16. The molecule has 1 aromatic rings. The van der Waals surface area contributed by atoms with Crippen LogP contribution >= 0.6 is 0 Å². The summed E-state index contributed by atoms with van der Waals surface area (Å²) in [5.41, 5.74) is 7.81. The molecular weight excluding hydrogens is 214 g/mol. The van der Waals surface area contributed by atoms with E-state index in [1.54, 1.807) is 0 Å². The minimum absolute atomic E-state index is 0.328. The van der Waals surface area contributed by atoms with Crippen molar-refractivity contribution in [3.63, 3.8) is 0 Å². The fraction of sp³-hybridized carbons (Fsp3) is 0.500. The predicted octanol–water partition coefficient (Wildman–Crippen LogP) is 3.02. The molecule has 1 saturated carbocycles. The molecule has 0 bridgehead atoms. The molecule has 0 aromatic heterocycles. The van der Waals surface area contributed by atoms with Crippen molar-refractivity contribution in [2.24, 2.45) is 5.92 Å². The minimum Gasteiger partial charge on any atom is -0.481 e. The van der Waals surface area contributed by atoms with Crippen LogP contribution in [0.25, 0.3) is 0 Å². The molecule has 92 valence electrons. The third-order valence-electron chi connectivity index (χ3n) is 3.72. The zero-order valence-corrected chi connectivity index (χ0v) is 9.93. The number of nitrogens with two attached hydrogens (primary N) is 1. The molecule has 1 fully saturated rings. The number of benzene rings is 1. The average Bonchev–Trinajstić information content (AvgIpc) is 2.30. The number of rotatable bonds is 3. The van der Waals surface area contributed by atoms with Gasteiger partial charge in [-0.3, -0.25) is 4.79 Å². The maximum atomic E-state index is 10.6. The molecule has 3 heteroatoms. The van der Waals surface area contributed by atoms with Gasteiger partial charge in [0.15, 0.2) is 0 Å². The highest BCUT2D eigenvalue weighted by atomic mass is 16.4. The minimum atomic E-state index is -0.666. The molecule has 0 amide bonds. The highest BCUT2D eigenvalue weighted by Gasteiger charge is 2.23. The van der Waals surface area contributed by atoms with E-state index in [2.05, 4.69) is 12.1 Å². The summed E-state index contributed by atoms with van der Waals surface area (Å²) in [5, 5.41) is 8.77. The maximum absolute atomic E-state index is 10.6. The highest BCUT2D eigenvalue weighted by molar-refractivity contribution is 5.67. The monoisotopic (exact) mass is 233 g/mol. The summed E-state index contributed by atoms with van der Waals surface area (Å²) in [6, 6.07) is 8.08. The average molecular weight is 233 g/mol. The molecule has 0 saturated heterocycles. The van der Waals surface area contributed by atoms with Crippen LogP contribution in [-0.2, 0) is 4.79 Å². The van der Waals surface area contributed by atoms with Gasteiger partial charge >= 0.3 is 5.97 Å². The van der Waals surface area contributed by atoms with Gasteiger partial charge in [-0.05, 0) is 55.2 Å². The first kappa shape index (κ1) is 12.0. The first-order chi connectivity index (χ1) is 8.15. The van der Waals surface area contributed by atoms with Crippen molar-refractivity contribution in [1.29, 1.82) is 0 Å². The number of hydrogen-bond acceptors (Lipinski definition) is 2. The van der Waals surface area contributed by atoms with Crippen LogP contribution < -0.4 is 5.73 Å². The smallest absolute Gasteiger partial charge is 0.303 e. The number of anilines is 1. The van der Waals surface area contributed by atoms with Crippen LogP contribution in [0.4, 0.5) is 5.69 Å². The summed E-state index contributed by atoms with van der Waals surface area (Å²) < 4.78 is 0. The first-order valence-electron chi connectivity index (χ1n) is 6.22. The van der Waals surface area contributed by atoms with Gasteiger partial charge in [0.1, 0.15) is 0 Å². The van der Waals surface area contributed by atoms with E-state index in [9.17, 15) is 4.79 Å². The number of carboxylic acid groups (broad SMARTS) is 1. The molecule has 0 spiro atoms. The molecule has 3 N–H and O–H groups in total. The van der Waals surface area contributed by atoms with Gasteiger partial charge in [-0.1, -0.05) is 12.1 Å². The van der Waals surface area contributed by atoms with Crippen LogP contribution in [0.5, 0.6) is 0 Å². The second kappa shape index (κ2) is 5.21. The van der Waals surface area contributed by atoms with Crippen LogP contribution in [0.2, 0.25) is 0 Å². The molecule has 3 nitrogen and oxygen atoms in total. The second-order valence-corrected chi connectivity index (χ2v) is 4.98. The van der Waals surface area contributed by atoms with E-state index >= 15 is 0 Å². The van der Waals surface area contributed by atoms with Gasteiger partial charge in [-0.2, -0.15) is 0 Å². The molecule has 0 heterocycles. The standard InChI is InChI=1S/C14H19NO2/c15-13-7-5-12(6-8-13)11-3-1-10(2-4-11)9-14(16)17/h5-8,10-11H,1-4,9,15H2,(H,16,17)/t10-,11-. The zero-order chi connectivity index (χ0) is 12.3. The molecule has 1 aliphatic rings. The van der Waals surface area contributed by atoms with Crippen LogP contribution in [0.15, 0.2) is 24.3 Å². The van der Waals surface area contributed by atoms with Crippen LogP contribution in [-0.4, -0.2) is 11.1 Å². The fourth-order valence-electron chi connectivity index (χ4n) is 2.72. The van der Waals surface area contributed by atoms with E-state index < -0.39 is 5.97 Å². The van der Waals surface area contributed by atoms with E-state index in [1.807, 2.05) is 12.1 Å². The molecule has 0 unspecified atom stereocenters. The molecule has 1 aliphatic carbocycles. The van der Waals surface area contributed by atoms with Crippen molar-refractivity contribution in [1.82, 2.24) is 0 Å². The van der Waals surface area contributed by atoms with Crippen molar-refractivity contribution >= 4 is 11.7 Å². The van der Waals surface area contributed by atoms with E-state index in [1.165, 1.54) is 5.56 Å². The highest BCUT2D eigenvalue weighted by Crippen LogP contribution is 2.37. The van der Waals surface area contributed by atoms with Gasteiger partial charge in [0.25, 0.3) is 0 Å². The zero-order valence-electron chi connectivity index (χ0n) is 9.93. The Morgan fingerprint density at radius 1 is 1.18 bits per heavy atom. The van der Waals surface area contributed by atoms with Crippen LogP contribution in [0.3, 0.4) is 0 Å². The van der Waals surface area contributed by atoms with Gasteiger partial charge in [0.05, 0.1) is 0 Å².